The number of aromatic nitrogens is 2. The van der Waals surface area contributed by atoms with Crippen molar-refractivity contribution < 1.29 is 14.3 Å². The van der Waals surface area contributed by atoms with Gasteiger partial charge in [-0.05, 0) is 34.1 Å². The van der Waals surface area contributed by atoms with Gasteiger partial charge in [0.05, 0.1) is 25.0 Å². The molecule has 0 amide bonds. The summed E-state index contributed by atoms with van der Waals surface area (Å²) in [7, 11) is 0. The van der Waals surface area contributed by atoms with Crippen LogP contribution in [0.15, 0.2) is 12.4 Å². The Morgan fingerprint density at radius 2 is 2.15 bits per heavy atom. The van der Waals surface area contributed by atoms with Gasteiger partial charge in [-0.3, -0.25) is 9.48 Å². The van der Waals surface area contributed by atoms with Crippen LogP contribution in [0.3, 0.4) is 0 Å². The van der Waals surface area contributed by atoms with Crippen LogP contribution in [0.1, 0.15) is 47.1 Å². The van der Waals surface area contributed by atoms with Crippen LogP contribution in [0, 0.1) is 0 Å². The van der Waals surface area contributed by atoms with Crippen molar-refractivity contribution in [1.29, 1.82) is 0 Å². The van der Waals surface area contributed by atoms with E-state index in [0.29, 0.717) is 12.4 Å². The van der Waals surface area contributed by atoms with Crippen molar-refractivity contribution in [3.8, 4) is 5.75 Å². The lowest BCUT2D eigenvalue weighted by Gasteiger charge is -2.25. The van der Waals surface area contributed by atoms with Crippen LogP contribution in [0.4, 0.5) is 0 Å². The fourth-order valence-electron chi connectivity index (χ4n) is 1.57. The van der Waals surface area contributed by atoms with Gasteiger partial charge in [0, 0.05) is 0 Å². The van der Waals surface area contributed by atoms with E-state index in [9.17, 15) is 4.79 Å². The molecule has 0 aliphatic carbocycles. The SMILES string of the molecule is CCCOc1cnn(C(C)C(N)C(=O)OC(C)(C)C)c1. The average Bonchev–Trinajstić information content (AvgIpc) is 2.81. The van der Waals surface area contributed by atoms with E-state index in [0.717, 1.165) is 6.42 Å². The fourth-order valence-corrected chi connectivity index (χ4v) is 1.57. The molecule has 1 aromatic heterocycles. The number of ether oxygens (including phenoxy) is 2. The molecule has 1 heterocycles. The average molecular weight is 283 g/mol. The van der Waals surface area contributed by atoms with E-state index in [1.165, 1.54) is 0 Å². The Kier molecular flexibility index (Phi) is 5.56. The van der Waals surface area contributed by atoms with E-state index in [1.807, 2.05) is 34.6 Å². The van der Waals surface area contributed by atoms with Crippen molar-refractivity contribution in [3.63, 3.8) is 0 Å². The first-order chi connectivity index (χ1) is 9.24. The van der Waals surface area contributed by atoms with Gasteiger partial charge in [0.1, 0.15) is 11.6 Å². The first-order valence-electron chi connectivity index (χ1n) is 6.90. The van der Waals surface area contributed by atoms with Crippen LogP contribution in [-0.2, 0) is 9.53 Å². The Balaban J connectivity index is 2.66. The Hall–Kier alpha value is -1.56. The summed E-state index contributed by atoms with van der Waals surface area (Å²) in [6.07, 6.45) is 4.29. The number of rotatable bonds is 6. The van der Waals surface area contributed by atoms with Crippen molar-refractivity contribution in [1.82, 2.24) is 9.78 Å². The smallest absolute Gasteiger partial charge is 0.325 e. The normalized spacial score (nSPS) is 14.7. The molecule has 0 fully saturated rings. The summed E-state index contributed by atoms with van der Waals surface area (Å²) in [4.78, 5) is 11.9. The molecular formula is C14H25N3O3. The van der Waals surface area contributed by atoms with Gasteiger partial charge in [-0.2, -0.15) is 5.10 Å². The molecule has 0 saturated carbocycles. The molecule has 1 rings (SSSR count). The van der Waals surface area contributed by atoms with Gasteiger partial charge in [-0.1, -0.05) is 6.92 Å². The second kappa shape index (κ2) is 6.74. The number of nitrogens with zero attached hydrogens (tertiary/aromatic N) is 2. The molecule has 6 nitrogen and oxygen atoms in total. The van der Waals surface area contributed by atoms with Gasteiger partial charge >= 0.3 is 5.97 Å². The van der Waals surface area contributed by atoms with E-state index in [2.05, 4.69) is 5.10 Å². The number of esters is 1. The molecule has 0 spiro atoms. The molecule has 0 saturated heterocycles. The summed E-state index contributed by atoms with van der Waals surface area (Å²) in [5, 5.41) is 4.17. The summed E-state index contributed by atoms with van der Waals surface area (Å²) >= 11 is 0. The molecule has 114 valence electrons. The molecule has 2 atom stereocenters. The third-order valence-electron chi connectivity index (χ3n) is 2.67. The molecule has 0 aliphatic heterocycles. The minimum absolute atomic E-state index is 0.302. The number of nitrogens with two attached hydrogens (primary N) is 1. The third-order valence-corrected chi connectivity index (χ3v) is 2.67. The molecule has 2 N–H and O–H groups in total. The fraction of sp³-hybridized carbons (Fsp3) is 0.714. The van der Waals surface area contributed by atoms with Crippen molar-refractivity contribution in [2.24, 2.45) is 5.73 Å². The molecule has 0 radical (unpaired) electrons. The zero-order valence-corrected chi connectivity index (χ0v) is 12.9. The van der Waals surface area contributed by atoms with E-state index in [4.69, 9.17) is 15.2 Å². The summed E-state index contributed by atoms with van der Waals surface area (Å²) in [5.41, 5.74) is 5.39. The molecule has 0 bridgehead atoms. The summed E-state index contributed by atoms with van der Waals surface area (Å²) in [6.45, 7) is 9.93. The van der Waals surface area contributed by atoms with E-state index in [-0.39, 0.29) is 6.04 Å². The molecular weight excluding hydrogens is 258 g/mol. The van der Waals surface area contributed by atoms with Crippen LogP contribution in [0.2, 0.25) is 0 Å². The highest BCUT2D eigenvalue weighted by Crippen LogP contribution is 2.17. The van der Waals surface area contributed by atoms with Crippen molar-refractivity contribution in [2.75, 3.05) is 6.61 Å². The Bertz CT molecular complexity index is 437. The quantitative estimate of drug-likeness (QED) is 0.807. The largest absolute Gasteiger partial charge is 0.490 e. The molecule has 20 heavy (non-hydrogen) atoms. The lowest BCUT2D eigenvalue weighted by Crippen LogP contribution is -2.42. The van der Waals surface area contributed by atoms with Crippen molar-refractivity contribution >= 4 is 5.97 Å². The zero-order valence-electron chi connectivity index (χ0n) is 12.9. The number of hydrogen-bond acceptors (Lipinski definition) is 5. The van der Waals surface area contributed by atoms with Crippen molar-refractivity contribution in [3.05, 3.63) is 12.4 Å². The highest BCUT2D eigenvalue weighted by molar-refractivity contribution is 5.76. The summed E-state index contributed by atoms with van der Waals surface area (Å²) in [5.74, 6) is 0.242. The Labute approximate surface area is 120 Å². The molecule has 2 unspecified atom stereocenters. The maximum absolute atomic E-state index is 11.9. The van der Waals surface area contributed by atoms with E-state index >= 15 is 0 Å². The maximum Gasteiger partial charge on any atom is 0.325 e. The second-order valence-electron chi connectivity index (χ2n) is 5.80. The van der Waals surface area contributed by atoms with Crippen LogP contribution in [0.25, 0.3) is 0 Å². The molecule has 6 heteroatoms. The topological polar surface area (TPSA) is 79.4 Å². The van der Waals surface area contributed by atoms with Crippen LogP contribution >= 0.6 is 0 Å². The van der Waals surface area contributed by atoms with Gasteiger partial charge in [-0.15, -0.1) is 0 Å². The molecule has 0 aliphatic rings. The highest BCUT2D eigenvalue weighted by atomic mass is 16.6. The van der Waals surface area contributed by atoms with Gasteiger partial charge < -0.3 is 15.2 Å². The monoisotopic (exact) mass is 283 g/mol. The van der Waals surface area contributed by atoms with Gasteiger partial charge in [0.15, 0.2) is 5.75 Å². The minimum Gasteiger partial charge on any atom is -0.490 e. The maximum atomic E-state index is 11.9. The van der Waals surface area contributed by atoms with E-state index < -0.39 is 17.6 Å². The second-order valence-corrected chi connectivity index (χ2v) is 5.80. The first kappa shape index (κ1) is 16.5. The summed E-state index contributed by atoms with van der Waals surface area (Å²) < 4.78 is 12.4. The van der Waals surface area contributed by atoms with Gasteiger partial charge in [0.25, 0.3) is 0 Å². The zero-order chi connectivity index (χ0) is 15.3. The predicted octanol–water partition coefficient (Wildman–Crippen LogP) is 1.90. The standard InChI is InChI=1S/C14H25N3O3/c1-6-7-19-11-8-16-17(9-11)10(2)12(15)13(18)20-14(3,4)5/h8-10,12H,6-7,15H2,1-5H3. The number of carbonyl (C=O) groups is 1. The Morgan fingerprint density at radius 1 is 1.50 bits per heavy atom. The minimum atomic E-state index is -0.770. The van der Waals surface area contributed by atoms with Gasteiger partial charge in [0.2, 0.25) is 0 Å². The lowest BCUT2D eigenvalue weighted by molar-refractivity contribution is -0.157. The summed E-state index contributed by atoms with van der Waals surface area (Å²) in [6, 6.07) is -1.07. The number of carbonyl (C=O) groups excluding carboxylic acids is 1. The van der Waals surface area contributed by atoms with Crippen molar-refractivity contribution in [2.45, 2.75) is 58.7 Å². The highest BCUT2D eigenvalue weighted by Gasteiger charge is 2.28. The molecule has 1 aromatic rings. The first-order valence-corrected chi connectivity index (χ1v) is 6.90. The Morgan fingerprint density at radius 3 is 2.70 bits per heavy atom. The van der Waals surface area contributed by atoms with Crippen LogP contribution in [0.5, 0.6) is 5.75 Å². The lowest BCUT2D eigenvalue weighted by atomic mass is 10.1. The molecule has 0 aromatic carbocycles. The van der Waals surface area contributed by atoms with Crippen LogP contribution < -0.4 is 10.5 Å². The van der Waals surface area contributed by atoms with E-state index in [1.54, 1.807) is 17.1 Å². The number of hydrogen-bond donors (Lipinski definition) is 1. The van der Waals surface area contributed by atoms with Gasteiger partial charge in [-0.25, -0.2) is 0 Å². The predicted molar refractivity (Wildman–Crippen MR) is 76.5 cm³/mol. The van der Waals surface area contributed by atoms with Crippen LogP contribution in [-0.4, -0.2) is 34.0 Å². The third kappa shape index (κ3) is 4.85.